The minimum atomic E-state index is -0.0881. The Morgan fingerprint density at radius 2 is 1.77 bits per heavy atom. The molecule has 0 saturated carbocycles. The third-order valence-corrected chi connectivity index (χ3v) is 6.11. The number of hydrogen-bond donors (Lipinski definition) is 1. The third-order valence-electron chi connectivity index (χ3n) is 5.85. The predicted molar refractivity (Wildman–Crippen MR) is 104 cm³/mol. The number of ether oxygens (including phenoxy) is 1. The van der Waals surface area contributed by atoms with E-state index in [4.69, 9.17) is 16.3 Å². The van der Waals surface area contributed by atoms with Crippen LogP contribution in [0.15, 0.2) is 42.5 Å². The maximum Gasteiger partial charge on any atom is 0.251 e. The van der Waals surface area contributed by atoms with Crippen LogP contribution in [0.5, 0.6) is 0 Å². The highest BCUT2D eigenvalue weighted by Gasteiger charge is 2.35. The minimum absolute atomic E-state index is 0.0135. The van der Waals surface area contributed by atoms with Gasteiger partial charge in [-0.05, 0) is 73.1 Å². The van der Waals surface area contributed by atoms with E-state index in [9.17, 15) is 4.79 Å². The van der Waals surface area contributed by atoms with E-state index in [2.05, 4.69) is 29.6 Å². The first-order valence-electron chi connectivity index (χ1n) is 9.40. The van der Waals surface area contributed by atoms with Gasteiger partial charge in [-0.15, -0.1) is 0 Å². The van der Waals surface area contributed by atoms with Crippen LogP contribution in [0, 0.1) is 0 Å². The molecule has 1 fully saturated rings. The standard InChI is InChI=1S/C22H24ClNO2/c23-20-8-6-19(7-9-20)22(10-12-26-13-11-22)15-24-21(25)18-5-4-16-2-1-3-17(16)14-18/h4-9,14H,1-3,10-13,15H2,(H,24,25). The van der Waals surface area contributed by atoms with E-state index in [0.29, 0.717) is 6.54 Å². The van der Waals surface area contributed by atoms with Crippen molar-refractivity contribution in [3.63, 3.8) is 0 Å². The van der Waals surface area contributed by atoms with Gasteiger partial charge in [-0.1, -0.05) is 29.8 Å². The van der Waals surface area contributed by atoms with Gasteiger partial charge in [0, 0.05) is 35.8 Å². The summed E-state index contributed by atoms with van der Waals surface area (Å²) >= 11 is 6.06. The fourth-order valence-corrected chi connectivity index (χ4v) is 4.32. The van der Waals surface area contributed by atoms with Crippen molar-refractivity contribution in [1.29, 1.82) is 0 Å². The van der Waals surface area contributed by atoms with Crippen LogP contribution in [0.25, 0.3) is 0 Å². The molecule has 1 saturated heterocycles. The first kappa shape index (κ1) is 17.6. The van der Waals surface area contributed by atoms with Crippen molar-refractivity contribution in [3.05, 3.63) is 69.7 Å². The van der Waals surface area contributed by atoms with Crippen LogP contribution in [0.1, 0.15) is 46.3 Å². The van der Waals surface area contributed by atoms with Crippen molar-refractivity contribution in [2.24, 2.45) is 0 Å². The summed E-state index contributed by atoms with van der Waals surface area (Å²) in [4.78, 5) is 12.8. The highest BCUT2D eigenvalue weighted by atomic mass is 35.5. The van der Waals surface area contributed by atoms with Crippen molar-refractivity contribution in [2.45, 2.75) is 37.5 Å². The Morgan fingerprint density at radius 3 is 2.54 bits per heavy atom. The molecule has 3 nitrogen and oxygen atoms in total. The summed E-state index contributed by atoms with van der Waals surface area (Å²) in [5.74, 6) is 0.0135. The number of nitrogens with one attached hydrogen (secondary N) is 1. The Labute approximate surface area is 159 Å². The summed E-state index contributed by atoms with van der Waals surface area (Å²) in [5, 5.41) is 3.92. The van der Waals surface area contributed by atoms with Gasteiger partial charge in [-0.2, -0.15) is 0 Å². The van der Waals surface area contributed by atoms with Crippen molar-refractivity contribution >= 4 is 17.5 Å². The summed E-state index contributed by atoms with van der Waals surface area (Å²) in [6.45, 7) is 2.06. The number of benzene rings is 2. The summed E-state index contributed by atoms with van der Waals surface area (Å²) in [6, 6.07) is 14.1. The molecule has 0 radical (unpaired) electrons. The molecule has 0 atom stereocenters. The second kappa shape index (κ2) is 7.42. The van der Waals surface area contributed by atoms with Gasteiger partial charge in [0.1, 0.15) is 0 Å². The molecule has 2 aromatic carbocycles. The SMILES string of the molecule is O=C(NCC1(c2ccc(Cl)cc2)CCOCC1)c1ccc2c(c1)CCC2. The average molecular weight is 370 g/mol. The number of rotatable bonds is 4. The van der Waals surface area contributed by atoms with Gasteiger partial charge in [-0.3, -0.25) is 4.79 Å². The van der Waals surface area contributed by atoms with Crippen LogP contribution in [0.2, 0.25) is 5.02 Å². The number of hydrogen-bond acceptors (Lipinski definition) is 2. The molecular formula is C22H24ClNO2. The second-order valence-corrected chi connectivity index (χ2v) is 7.86. The smallest absolute Gasteiger partial charge is 0.251 e. The fourth-order valence-electron chi connectivity index (χ4n) is 4.20. The third kappa shape index (κ3) is 3.51. The maximum absolute atomic E-state index is 12.8. The fraction of sp³-hybridized carbons (Fsp3) is 0.409. The van der Waals surface area contributed by atoms with Crippen LogP contribution >= 0.6 is 11.6 Å². The average Bonchev–Trinajstić information content (AvgIpc) is 3.15. The number of fused-ring (bicyclic) bond motifs is 1. The zero-order valence-corrected chi connectivity index (χ0v) is 15.6. The molecule has 1 aliphatic heterocycles. The van der Waals surface area contributed by atoms with Gasteiger partial charge in [0.05, 0.1) is 0 Å². The van der Waals surface area contributed by atoms with Crippen LogP contribution in [-0.4, -0.2) is 25.7 Å². The molecule has 26 heavy (non-hydrogen) atoms. The highest BCUT2D eigenvalue weighted by Crippen LogP contribution is 2.35. The van der Waals surface area contributed by atoms with Gasteiger partial charge in [0.15, 0.2) is 0 Å². The monoisotopic (exact) mass is 369 g/mol. The number of halogens is 1. The summed E-state index contributed by atoms with van der Waals surface area (Å²) in [6.07, 6.45) is 5.22. The van der Waals surface area contributed by atoms with Crippen molar-refractivity contribution in [2.75, 3.05) is 19.8 Å². The minimum Gasteiger partial charge on any atom is -0.381 e. The maximum atomic E-state index is 12.8. The molecule has 4 rings (SSSR count). The van der Waals surface area contributed by atoms with Gasteiger partial charge >= 0.3 is 0 Å². The Bertz CT molecular complexity index is 794. The quantitative estimate of drug-likeness (QED) is 0.872. The van der Waals surface area contributed by atoms with Gasteiger partial charge < -0.3 is 10.1 Å². The molecule has 1 amide bonds. The number of aryl methyl sites for hydroxylation is 2. The van der Waals surface area contributed by atoms with Crippen LogP contribution < -0.4 is 5.32 Å². The lowest BCUT2D eigenvalue weighted by molar-refractivity contribution is 0.0487. The molecular weight excluding hydrogens is 346 g/mol. The van der Waals surface area contributed by atoms with Crippen molar-refractivity contribution in [3.8, 4) is 0 Å². The zero-order chi connectivity index (χ0) is 18.0. The molecule has 0 aromatic heterocycles. The topological polar surface area (TPSA) is 38.3 Å². The normalized spacial score (nSPS) is 18.3. The Balaban J connectivity index is 1.51. The van der Waals surface area contributed by atoms with E-state index in [-0.39, 0.29) is 11.3 Å². The molecule has 2 aliphatic rings. The van der Waals surface area contributed by atoms with Gasteiger partial charge in [-0.25, -0.2) is 0 Å². The van der Waals surface area contributed by atoms with E-state index < -0.39 is 0 Å². The highest BCUT2D eigenvalue weighted by molar-refractivity contribution is 6.30. The Morgan fingerprint density at radius 1 is 1.04 bits per heavy atom. The van der Waals surface area contributed by atoms with Gasteiger partial charge in [0.2, 0.25) is 0 Å². The molecule has 4 heteroatoms. The largest absolute Gasteiger partial charge is 0.381 e. The Kier molecular flexibility index (Phi) is 5.01. The first-order chi connectivity index (χ1) is 12.7. The number of carbonyl (C=O) groups is 1. The van der Waals surface area contributed by atoms with Crippen LogP contribution in [0.4, 0.5) is 0 Å². The first-order valence-corrected chi connectivity index (χ1v) is 9.78. The molecule has 1 aliphatic carbocycles. The van der Waals surface area contributed by atoms with Gasteiger partial charge in [0.25, 0.3) is 5.91 Å². The molecule has 0 unspecified atom stereocenters. The molecule has 1 N–H and O–H groups in total. The molecule has 2 aromatic rings. The molecule has 0 spiro atoms. The second-order valence-electron chi connectivity index (χ2n) is 7.42. The van der Waals surface area contributed by atoms with E-state index >= 15 is 0 Å². The molecule has 0 bridgehead atoms. The Hall–Kier alpha value is -1.84. The van der Waals surface area contributed by atoms with Crippen LogP contribution in [-0.2, 0) is 23.0 Å². The van der Waals surface area contributed by atoms with Crippen LogP contribution in [0.3, 0.4) is 0 Å². The van der Waals surface area contributed by atoms with E-state index in [0.717, 1.165) is 49.5 Å². The predicted octanol–water partition coefficient (Wildman–Crippen LogP) is 4.31. The zero-order valence-electron chi connectivity index (χ0n) is 14.9. The molecule has 1 heterocycles. The van der Waals surface area contributed by atoms with Crippen molar-refractivity contribution in [1.82, 2.24) is 5.32 Å². The summed E-state index contributed by atoms with van der Waals surface area (Å²) in [5.41, 5.74) is 4.62. The number of carbonyl (C=O) groups excluding carboxylic acids is 1. The number of amides is 1. The van der Waals surface area contributed by atoms with E-state index in [1.165, 1.54) is 23.1 Å². The molecule has 136 valence electrons. The summed E-state index contributed by atoms with van der Waals surface area (Å²) < 4.78 is 5.57. The summed E-state index contributed by atoms with van der Waals surface area (Å²) in [7, 11) is 0. The lowest BCUT2D eigenvalue weighted by atomic mass is 9.74. The lowest BCUT2D eigenvalue weighted by Gasteiger charge is -2.38. The lowest BCUT2D eigenvalue weighted by Crippen LogP contribution is -2.44. The van der Waals surface area contributed by atoms with E-state index in [1.807, 2.05) is 18.2 Å². The van der Waals surface area contributed by atoms with Crippen molar-refractivity contribution < 1.29 is 9.53 Å². The van der Waals surface area contributed by atoms with E-state index in [1.54, 1.807) is 0 Å².